The molecule has 0 bridgehead atoms. The lowest BCUT2D eigenvalue weighted by atomic mass is 10.2. The predicted molar refractivity (Wildman–Crippen MR) is 111 cm³/mol. The largest absolute Gasteiger partial charge is 0.382 e. The maximum Gasteiger partial charge on any atom is 0.276 e. The Labute approximate surface area is 163 Å². The number of fused-ring (bicyclic) bond motifs is 2. The third-order valence-electron chi connectivity index (χ3n) is 4.59. The molecule has 2 heterocycles. The molecule has 0 unspecified atom stereocenters. The van der Waals surface area contributed by atoms with Gasteiger partial charge in [-0.3, -0.25) is 10.1 Å². The van der Waals surface area contributed by atoms with Crippen molar-refractivity contribution in [1.82, 2.24) is 14.5 Å². The molecule has 0 aliphatic rings. The van der Waals surface area contributed by atoms with Crippen LogP contribution < -0.4 is 5.32 Å². The normalized spacial score (nSPS) is 11.2. The average molecular weight is 374 g/mol. The number of rotatable bonds is 7. The quantitative estimate of drug-likeness (QED) is 0.491. The summed E-state index contributed by atoms with van der Waals surface area (Å²) in [7, 11) is 0. The number of nitrogens with zero attached hydrogens (tertiary/aromatic N) is 3. The molecule has 1 N–H and O–H groups in total. The number of hydrogen-bond donors (Lipinski definition) is 1. The van der Waals surface area contributed by atoms with Crippen LogP contribution in [0, 0.1) is 0 Å². The van der Waals surface area contributed by atoms with Crippen LogP contribution in [0.15, 0.2) is 60.7 Å². The number of amides is 1. The molecule has 142 valence electrons. The summed E-state index contributed by atoms with van der Waals surface area (Å²) < 4.78 is 7.47. The molecule has 2 aromatic heterocycles. The number of hydrogen-bond acceptors (Lipinski definition) is 4. The number of carbonyl (C=O) groups excluding carboxylic acids is 1. The fraction of sp³-hybridized carbons (Fsp3) is 0.227. The van der Waals surface area contributed by atoms with E-state index in [9.17, 15) is 4.79 Å². The monoisotopic (exact) mass is 374 g/mol. The van der Waals surface area contributed by atoms with Gasteiger partial charge in [-0.05, 0) is 37.6 Å². The van der Waals surface area contributed by atoms with Crippen LogP contribution in [0.2, 0.25) is 0 Å². The van der Waals surface area contributed by atoms with Crippen molar-refractivity contribution in [1.29, 1.82) is 0 Å². The molecule has 6 heteroatoms. The molecule has 0 saturated carbocycles. The lowest BCUT2D eigenvalue weighted by Gasteiger charge is -2.10. The number of nitrogens with one attached hydrogen (secondary N) is 1. The predicted octanol–water partition coefficient (Wildman–Crippen LogP) is 4.26. The minimum Gasteiger partial charge on any atom is -0.382 e. The minimum atomic E-state index is -0.271. The second-order valence-electron chi connectivity index (χ2n) is 6.47. The first-order valence-electron chi connectivity index (χ1n) is 9.46. The highest BCUT2D eigenvalue weighted by Crippen LogP contribution is 2.21. The number of carbonyl (C=O) groups is 1. The van der Waals surface area contributed by atoms with Gasteiger partial charge in [0, 0.05) is 25.1 Å². The SMILES string of the molecule is CCOCCCn1c(NC(=O)c2ccc3ccccc3n2)nc2ccccc21. The Morgan fingerprint density at radius 2 is 1.79 bits per heavy atom. The van der Waals surface area contributed by atoms with Gasteiger partial charge in [0.2, 0.25) is 5.95 Å². The molecule has 4 aromatic rings. The van der Waals surface area contributed by atoms with E-state index in [1.165, 1.54) is 0 Å². The van der Waals surface area contributed by atoms with Gasteiger partial charge >= 0.3 is 0 Å². The van der Waals surface area contributed by atoms with Gasteiger partial charge in [-0.15, -0.1) is 0 Å². The van der Waals surface area contributed by atoms with Crippen molar-refractivity contribution in [2.75, 3.05) is 18.5 Å². The van der Waals surface area contributed by atoms with Gasteiger partial charge in [0.15, 0.2) is 0 Å². The molecule has 0 fully saturated rings. The van der Waals surface area contributed by atoms with Crippen LogP contribution in [-0.2, 0) is 11.3 Å². The zero-order valence-electron chi connectivity index (χ0n) is 15.8. The molecule has 2 aromatic carbocycles. The van der Waals surface area contributed by atoms with E-state index in [-0.39, 0.29) is 5.91 Å². The number of imidazole rings is 1. The van der Waals surface area contributed by atoms with Gasteiger partial charge < -0.3 is 9.30 Å². The Balaban J connectivity index is 1.61. The zero-order chi connectivity index (χ0) is 19.3. The van der Waals surface area contributed by atoms with Crippen molar-refractivity contribution in [3.8, 4) is 0 Å². The summed E-state index contributed by atoms with van der Waals surface area (Å²) >= 11 is 0. The van der Waals surface area contributed by atoms with Crippen LogP contribution in [0.5, 0.6) is 0 Å². The Bertz CT molecular complexity index is 1120. The summed E-state index contributed by atoms with van der Waals surface area (Å²) in [5.74, 6) is 0.254. The Morgan fingerprint density at radius 1 is 1.00 bits per heavy atom. The molecule has 4 rings (SSSR count). The minimum absolute atomic E-state index is 0.271. The second-order valence-corrected chi connectivity index (χ2v) is 6.47. The highest BCUT2D eigenvalue weighted by molar-refractivity contribution is 6.04. The summed E-state index contributed by atoms with van der Waals surface area (Å²) in [5.41, 5.74) is 2.99. The van der Waals surface area contributed by atoms with E-state index < -0.39 is 0 Å². The summed E-state index contributed by atoms with van der Waals surface area (Å²) in [4.78, 5) is 21.9. The molecular formula is C22H22N4O2. The summed E-state index contributed by atoms with van der Waals surface area (Å²) in [5, 5.41) is 3.93. The average Bonchev–Trinajstić information content (AvgIpc) is 3.08. The third-order valence-corrected chi connectivity index (χ3v) is 4.59. The fourth-order valence-corrected chi connectivity index (χ4v) is 3.22. The number of anilines is 1. The smallest absolute Gasteiger partial charge is 0.276 e. The van der Waals surface area contributed by atoms with Gasteiger partial charge in [0.05, 0.1) is 16.6 Å². The molecule has 0 saturated heterocycles. The van der Waals surface area contributed by atoms with Crippen molar-refractivity contribution < 1.29 is 9.53 Å². The van der Waals surface area contributed by atoms with E-state index in [0.29, 0.717) is 31.4 Å². The fourth-order valence-electron chi connectivity index (χ4n) is 3.22. The summed E-state index contributed by atoms with van der Waals surface area (Å²) in [6.07, 6.45) is 0.839. The van der Waals surface area contributed by atoms with Crippen molar-refractivity contribution in [2.45, 2.75) is 19.9 Å². The van der Waals surface area contributed by atoms with Gasteiger partial charge in [-0.1, -0.05) is 36.4 Å². The molecule has 0 aliphatic carbocycles. The van der Waals surface area contributed by atoms with Crippen LogP contribution in [0.25, 0.3) is 21.9 Å². The van der Waals surface area contributed by atoms with E-state index in [1.54, 1.807) is 6.07 Å². The number of ether oxygens (including phenoxy) is 1. The zero-order valence-corrected chi connectivity index (χ0v) is 15.8. The van der Waals surface area contributed by atoms with Crippen LogP contribution in [0.4, 0.5) is 5.95 Å². The number of para-hydroxylation sites is 3. The van der Waals surface area contributed by atoms with E-state index in [0.717, 1.165) is 28.4 Å². The summed E-state index contributed by atoms with van der Waals surface area (Å²) in [6.45, 7) is 4.06. The summed E-state index contributed by atoms with van der Waals surface area (Å²) in [6, 6.07) is 19.2. The molecule has 0 atom stereocenters. The molecular weight excluding hydrogens is 352 g/mol. The van der Waals surface area contributed by atoms with Gasteiger partial charge in [-0.25, -0.2) is 9.97 Å². The van der Waals surface area contributed by atoms with Crippen LogP contribution in [0.1, 0.15) is 23.8 Å². The molecule has 0 spiro atoms. The van der Waals surface area contributed by atoms with Gasteiger partial charge in [0.25, 0.3) is 5.91 Å². The van der Waals surface area contributed by atoms with Crippen molar-refractivity contribution >= 4 is 33.8 Å². The van der Waals surface area contributed by atoms with Crippen molar-refractivity contribution in [2.24, 2.45) is 0 Å². The second kappa shape index (κ2) is 8.19. The Morgan fingerprint density at radius 3 is 2.64 bits per heavy atom. The number of pyridine rings is 1. The third kappa shape index (κ3) is 3.73. The topological polar surface area (TPSA) is 69.0 Å². The lowest BCUT2D eigenvalue weighted by molar-refractivity contribution is 0.102. The van der Waals surface area contributed by atoms with Crippen LogP contribution >= 0.6 is 0 Å². The number of benzene rings is 2. The first-order valence-corrected chi connectivity index (χ1v) is 9.46. The standard InChI is InChI=1S/C22H22N4O2/c1-2-28-15-7-14-26-20-11-6-5-10-18(20)24-22(26)25-21(27)19-13-12-16-8-3-4-9-17(16)23-19/h3-6,8-13H,2,7,14-15H2,1H3,(H,24,25,27). The van der Waals surface area contributed by atoms with Gasteiger partial charge in [0.1, 0.15) is 5.69 Å². The lowest BCUT2D eigenvalue weighted by Crippen LogP contribution is -2.17. The Kier molecular flexibility index (Phi) is 5.30. The van der Waals surface area contributed by atoms with Gasteiger partial charge in [-0.2, -0.15) is 0 Å². The van der Waals surface area contributed by atoms with Crippen LogP contribution in [0.3, 0.4) is 0 Å². The number of aryl methyl sites for hydroxylation is 1. The van der Waals surface area contributed by atoms with Crippen molar-refractivity contribution in [3.63, 3.8) is 0 Å². The molecule has 28 heavy (non-hydrogen) atoms. The van der Waals surface area contributed by atoms with E-state index in [4.69, 9.17) is 4.74 Å². The number of aromatic nitrogens is 3. The van der Waals surface area contributed by atoms with Crippen molar-refractivity contribution in [3.05, 3.63) is 66.4 Å². The van der Waals surface area contributed by atoms with E-state index in [1.807, 2.05) is 66.1 Å². The Hall–Kier alpha value is -3.25. The molecule has 0 aliphatic heterocycles. The van der Waals surface area contributed by atoms with Crippen LogP contribution in [-0.4, -0.2) is 33.7 Å². The first-order chi connectivity index (χ1) is 13.8. The first kappa shape index (κ1) is 18.1. The molecule has 6 nitrogen and oxygen atoms in total. The van der Waals surface area contributed by atoms with E-state index in [2.05, 4.69) is 15.3 Å². The maximum atomic E-state index is 12.8. The highest BCUT2D eigenvalue weighted by Gasteiger charge is 2.15. The molecule has 1 amide bonds. The highest BCUT2D eigenvalue weighted by atomic mass is 16.5. The molecule has 0 radical (unpaired) electrons. The van der Waals surface area contributed by atoms with E-state index >= 15 is 0 Å². The maximum absolute atomic E-state index is 12.8.